The van der Waals surface area contributed by atoms with Crippen molar-refractivity contribution in [3.05, 3.63) is 0 Å². The average molecular weight is 226 g/mol. The quantitative estimate of drug-likeness (QED) is 0.547. The molecule has 0 saturated heterocycles. The molecule has 4 N–H and O–H groups in total. The first kappa shape index (κ1) is 14.5. The van der Waals surface area contributed by atoms with Crippen LogP contribution in [0.4, 0.5) is 0 Å². The van der Waals surface area contributed by atoms with Gasteiger partial charge in [-0.3, -0.25) is 4.79 Å². The molecule has 90 valence electrons. The Morgan fingerprint density at radius 3 is 2.38 bits per heavy atom. The maximum Gasteiger partial charge on any atom is 0.327 e. The number of hydrogen-bond donors (Lipinski definition) is 3. The largest absolute Gasteiger partial charge is 0.480 e. The number of aliphatic carboxylic acids is 1. The molecule has 2 atom stereocenters. The molecular weight excluding hydrogens is 208 g/mol. The Labute approximate surface area is 95.4 Å². The van der Waals surface area contributed by atoms with Crippen LogP contribution in [-0.4, -0.2) is 29.6 Å². The predicted octanol–water partition coefficient (Wildman–Crippen LogP) is -0.190. The van der Waals surface area contributed by atoms with Gasteiger partial charge in [0.2, 0.25) is 5.91 Å². The van der Waals surface area contributed by atoms with Crippen LogP contribution in [0.2, 0.25) is 0 Å². The lowest BCUT2D eigenvalue weighted by atomic mass is 9.94. The molecule has 0 saturated carbocycles. The van der Waals surface area contributed by atoms with Gasteiger partial charge in [0.15, 0.2) is 0 Å². The molecule has 0 radical (unpaired) electrons. The number of nitrogens with one attached hydrogen (secondary N) is 1. The van der Waals surface area contributed by atoms with Crippen molar-refractivity contribution in [3.63, 3.8) is 0 Å². The van der Waals surface area contributed by atoms with E-state index < -0.39 is 12.0 Å². The Hall–Kier alpha value is -1.54. The van der Waals surface area contributed by atoms with Gasteiger partial charge >= 0.3 is 5.97 Å². The van der Waals surface area contributed by atoms with Gasteiger partial charge < -0.3 is 16.2 Å². The first-order valence-corrected chi connectivity index (χ1v) is 5.10. The van der Waals surface area contributed by atoms with Gasteiger partial charge in [-0.15, -0.1) is 12.3 Å². The second-order valence-electron chi connectivity index (χ2n) is 3.89. The van der Waals surface area contributed by atoms with E-state index >= 15 is 0 Å². The monoisotopic (exact) mass is 226 g/mol. The van der Waals surface area contributed by atoms with Crippen LogP contribution < -0.4 is 11.1 Å². The number of amides is 1. The first-order valence-electron chi connectivity index (χ1n) is 5.10. The summed E-state index contributed by atoms with van der Waals surface area (Å²) >= 11 is 0. The zero-order chi connectivity index (χ0) is 12.7. The van der Waals surface area contributed by atoms with Gasteiger partial charge in [0.1, 0.15) is 6.04 Å². The fraction of sp³-hybridized carbons (Fsp3) is 0.636. The van der Waals surface area contributed by atoms with E-state index in [9.17, 15) is 9.59 Å². The summed E-state index contributed by atoms with van der Waals surface area (Å²) in [6.45, 7) is 3.90. The van der Waals surface area contributed by atoms with Crippen molar-refractivity contribution >= 4 is 11.9 Å². The molecule has 0 rings (SSSR count). The molecule has 5 heteroatoms. The molecule has 16 heavy (non-hydrogen) atoms. The third-order valence-corrected chi connectivity index (χ3v) is 2.33. The van der Waals surface area contributed by atoms with E-state index in [1.165, 1.54) is 0 Å². The summed E-state index contributed by atoms with van der Waals surface area (Å²) in [4.78, 5) is 22.4. The topological polar surface area (TPSA) is 92.4 Å². The minimum atomic E-state index is -1.13. The molecule has 0 bridgehead atoms. The van der Waals surface area contributed by atoms with E-state index in [0.29, 0.717) is 0 Å². The normalized spacial score (nSPS) is 13.9. The van der Waals surface area contributed by atoms with Crippen LogP contribution in [0.1, 0.15) is 20.3 Å². The van der Waals surface area contributed by atoms with Gasteiger partial charge in [-0.05, 0) is 5.92 Å². The van der Waals surface area contributed by atoms with Crippen molar-refractivity contribution in [3.8, 4) is 12.3 Å². The van der Waals surface area contributed by atoms with Gasteiger partial charge in [0.25, 0.3) is 0 Å². The van der Waals surface area contributed by atoms with E-state index in [1.54, 1.807) is 0 Å². The standard InChI is InChI=1S/C11H18N2O3/c1-4-5-9(11(15)16)13-10(14)8(6-12)7(2)3/h1,7-9H,5-6,12H2,2-3H3,(H,13,14)(H,15,16). The maximum atomic E-state index is 11.7. The summed E-state index contributed by atoms with van der Waals surface area (Å²) in [7, 11) is 0. The van der Waals surface area contributed by atoms with Crippen LogP contribution in [0, 0.1) is 24.2 Å². The number of carboxylic acid groups (broad SMARTS) is 1. The van der Waals surface area contributed by atoms with E-state index in [4.69, 9.17) is 17.3 Å². The molecular formula is C11H18N2O3. The second-order valence-corrected chi connectivity index (χ2v) is 3.89. The minimum Gasteiger partial charge on any atom is -0.480 e. The molecule has 2 unspecified atom stereocenters. The minimum absolute atomic E-state index is 0.0313. The van der Waals surface area contributed by atoms with E-state index in [-0.39, 0.29) is 30.7 Å². The summed E-state index contributed by atoms with van der Waals surface area (Å²) in [5, 5.41) is 11.2. The molecule has 0 heterocycles. The van der Waals surface area contributed by atoms with E-state index in [2.05, 4.69) is 11.2 Å². The fourth-order valence-corrected chi connectivity index (χ4v) is 1.28. The third-order valence-electron chi connectivity index (χ3n) is 2.33. The van der Waals surface area contributed by atoms with Gasteiger partial charge in [-0.2, -0.15) is 0 Å². The van der Waals surface area contributed by atoms with E-state index in [0.717, 1.165) is 0 Å². The lowest BCUT2D eigenvalue weighted by Crippen LogP contribution is -2.46. The number of hydrogen-bond acceptors (Lipinski definition) is 3. The predicted molar refractivity (Wildman–Crippen MR) is 60.4 cm³/mol. The highest BCUT2D eigenvalue weighted by atomic mass is 16.4. The van der Waals surface area contributed by atoms with Crippen LogP contribution in [0.15, 0.2) is 0 Å². The molecule has 0 aromatic heterocycles. The van der Waals surface area contributed by atoms with Gasteiger partial charge in [-0.1, -0.05) is 13.8 Å². The Bertz CT molecular complexity index is 294. The first-order chi connectivity index (χ1) is 7.43. The van der Waals surface area contributed by atoms with E-state index in [1.807, 2.05) is 13.8 Å². The van der Waals surface area contributed by atoms with Crippen LogP contribution >= 0.6 is 0 Å². The van der Waals surface area contributed by atoms with Crippen LogP contribution in [-0.2, 0) is 9.59 Å². The molecule has 0 aromatic carbocycles. The van der Waals surface area contributed by atoms with Crippen LogP contribution in [0.25, 0.3) is 0 Å². The van der Waals surface area contributed by atoms with Crippen molar-refractivity contribution in [1.82, 2.24) is 5.32 Å². The van der Waals surface area contributed by atoms with Crippen molar-refractivity contribution in [2.75, 3.05) is 6.54 Å². The lowest BCUT2D eigenvalue weighted by molar-refractivity contribution is -0.142. The average Bonchev–Trinajstić information content (AvgIpc) is 2.17. The molecule has 0 aliphatic carbocycles. The Kier molecular flexibility index (Phi) is 6.19. The summed E-state index contributed by atoms with van der Waals surface area (Å²) in [5.41, 5.74) is 5.45. The summed E-state index contributed by atoms with van der Waals surface area (Å²) in [6, 6.07) is -1.04. The van der Waals surface area contributed by atoms with Gasteiger partial charge in [-0.25, -0.2) is 4.79 Å². The summed E-state index contributed by atoms with van der Waals surface area (Å²) < 4.78 is 0. The lowest BCUT2D eigenvalue weighted by Gasteiger charge is -2.20. The molecule has 5 nitrogen and oxygen atoms in total. The van der Waals surface area contributed by atoms with Crippen LogP contribution in [0.3, 0.4) is 0 Å². The highest BCUT2D eigenvalue weighted by molar-refractivity contribution is 5.85. The van der Waals surface area contributed by atoms with Crippen LogP contribution in [0.5, 0.6) is 0 Å². The number of nitrogens with two attached hydrogens (primary N) is 1. The highest BCUT2D eigenvalue weighted by Crippen LogP contribution is 2.09. The van der Waals surface area contributed by atoms with Crippen molar-refractivity contribution in [2.24, 2.45) is 17.6 Å². The summed E-state index contributed by atoms with van der Waals surface area (Å²) in [5.74, 6) is 0.391. The highest BCUT2D eigenvalue weighted by Gasteiger charge is 2.25. The number of terminal acetylenes is 1. The fourth-order valence-electron chi connectivity index (χ4n) is 1.28. The smallest absolute Gasteiger partial charge is 0.327 e. The number of carbonyl (C=O) groups excluding carboxylic acids is 1. The second kappa shape index (κ2) is 6.85. The van der Waals surface area contributed by atoms with Crippen molar-refractivity contribution < 1.29 is 14.7 Å². The Morgan fingerprint density at radius 1 is 1.50 bits per heavy atom. The number of carboxylic acids is 1. The third kappa shape index (κ3) is 4.32. The zero-order valence-electron chi connectivity index (χ0n) is 9.56. The maximum absolute atomic E-state index is 11.7. The zero-order valence-corrected chi connectivity index (χ0v) is 9.56. The Morgan fingerprint density at radius 2 is 2.06 bits per heavy atom. The molecule has 0 spiro atoms. The molecule has 0 aromatic rings. The number of carbonyl (C=O) groups is 2. The summed E-state index contributed by atoms with van der Waals surface area (Å²) in [6.07, 6.45) is 4.99. The molecule has 0 aliphatic heterocycles. The SMILES string of the molecule is C#CCC(NC(=O)C(CN)C(C)C)C(=O)O. The van der Waals surface area contributed by atoms with Crippen molar-refractivity contribution in [2.45, 2.75) is 26.3 Å². The molecule has 0 aliphatic rings. The molecule has 0 fully saturated rings. The number of rotatable bonds is 6. The van der Waals surface area contributed by atoms with Gasteiger partial charge in [0.05, 0.1) is 5.92 Å². The van der Waals surface area contributed by atoms with Gasteiger partial charge in [0, 0.05) is 13.0 Å². The molecule has 1 amide bonds. The Balaban J connectivity index is 4.51. The van der Waals surface area contributed by atoms with Crippen molar-refractivity contribution in [1.29, 1.82) is 0 Å².